The molecule has 0 bridgehead atoms. The largest absolute Gasteiger partial charge is 0.355 e. The number of halogens is 1. The number of aromatic nitrogens is 1. The Balaban J connectivity index is 0.00000162. The molecule has 1 aromatic heterocycles. The van der Waals surface area contributed by atoms with Gasteiger partial charge >= 0.3 is 0 Å². The zero-order valence-electron chi connectivity index (χ0n) is 10.4. The molecule has 0 saturated carbocycles. The van der Waals surface area contributed by atoms with Gasteiger partial charge in [-0.1, -0.05) is 0 Å². The molecule has 18 heavy (non-hydrogen) atoms. The fraction of sp³-hybridized carbons (Fsp3) is 0.538. The van der Waals surface area contributed by atoms with Crippen LogP contribution in [-0.4, -0.2) is 30.5 Å². The Bertz CT molecular complexity index is 353. The highest BCUT2D eigenvalue weighted by Crippen LogP contribution is 2.09. The molecule has 1 aliphatic rings. The van der Waals surface area contributed by atoms with E-state index in [-0.39, 0.29) is 24.2 Å². The van der Waals surface area contributed by atoms with Crippen LogP contribution >= 0.6 is 12.4 Å². The van der Waals surface area contributed by atoms with Gasteiger partial charge in [-0.3, -0.25) is 9.78 Å². The van der Waals surface area contributed by atoms with E-state index in [1.54, 1.807) is 12.4 Å². The highest BCUT2D eigenvalue weighted by molar-refractivity contribution is 5.85. The lowest BCUT2D eigenvalue weighted by atomic mass is 9.99. The van der Waals surface area contributed by atoms with Gasteiger partial charge in [-0.2, -0.15) is 0 Å². The predicted octanol–water partition coefficient (Wildman–Crippen LogP) is 1.16. The monoisotopic (exact) mass is 269 g/mol. The Hall–Kier alpha value is -1.13. The zero-order valence-corrected chi connectivity index (χ0v) is 11.2. The van der Waals surface area contributed by atoms with E-state index in [4.69, 9.17) is 0 Å². The third-order valence-electron chi connectivity index (χ3n) is 3.13. The van der Waals surface area contributed by atoms with Crippen molar-refractivity contribution in [2.24, 2.45) is 5.92 Å². The van der Waals surface area contributed by atoms with E-state index < -0.39 is 0 Å². The minimum absolute atomic E-state index is 0. The van der Waals surface area contributed by atoms with Crippen molar-refractivity contribution < 1.29 is 4.79 Å². The van der Waals surface area contributed by atoms with E-state index in [9.17, 15) is 4.79 Å². The normalized spacial score (nSPS) is 18.8. The van der Waals surface area contributed by atoms with Crippen LogP contribution in [0, 0.1) is 5.92 Å². The maximum Gasteiger partial charge on any atom is 0.224 e. The molecule has 1 atom stereocenters. The SMILES string of the molecule is Cl.O=C(NCCc1ccncc1)[C@@H]1CCCNC1. The van der Waals surface area contributed by atoms with Gasteiger partial charge in [0.25, 0.3) is 0 Å². The number of hydrogen-bond donors (Lipinski definition) is 2. The van der Waals surface area contributed by atoms with Gasteiger partial charge in [-0.25, -0.2) is 0 Å². The van der Waals surface area contributed by atoms with Crippen molar-refractivity contribution in [3.05, 3.63) is 30.1 Å². The van der Waals surface area contributed by atoms with Crippen LogP contribution in [0.4, 0.5) is 0 Å². The van der Waals surface area contributed by atoms with Crippen molar-refractivity contribution in [1.29, 1.82) is 0 Å². The minimum Gasteiger partial charge on any atom is -0.355 e. The molecule has 2 heterocycles. The second kappa shape index (κ2) is 8.06. The number of piperidine rings is 1. The third kappa shape index (κ3) is 4.63. The first-order chi connectivity index (χ1) is 8.36. The van der Waals surface area contributed by atoms with E-state index in [0.29, 0.717) is 6.54 Å². The van der Waals surface area contributed by atoms with Crippen LogP contribution in [-0.2, 0) is 11.2 Å². The lowest BCUT2D eigenvalue weighted by Crippen LogP contribution is -2.41. The molecule has 2 N–H and O–H groups in total. The van der Waals surface area contributed by atoms with E-state index in [2.05, 4.69) is 15.6 Å². The van der Waals surface area contributed by atoms with E-state index >= 15 is 0 Å². The van der Waals surface area contributed by atoms with Gasteiger partial charge in [-0.15, -0.1) is 12.4 Å². The highest BCUT2D eigenvalue weighted by Gasteiger charge is 2.19. The summed E-state index contributed by atoms with van der Waals surface area (Å²) in [5, 5.41) is 6.26. The number of carbonyl (C=O) groups is 1. The van der Waals surface area contributed by atoms with Crippen molar-refractivity contribution in [2.45, 2.75) is 19.3 Å². The summed E-state index contributed by atoms with van der Waals surface area (Å²) in [5.41, 5.74) is 1.21. The van der Waals surface area contributed by atoms with Crippen LogP contribution in [0.5, 0.6) is 0 Å². The van der Waals surface area contributed by atoms with Crippen molar-refractivity contribution in [2.75, 3.05) is 19.6 Å². The summed E-state index contributed by atoms with van der Waals surface area (Å²) < 4.78 is 0. The van der Waals surface area contributed by atoms with Gasteiger partial charge in [0.1, 0.15) is 0 Å². The molecule has 1 aromatic rings. The topological polar surface area (TPSA) is 54.0 Å². The molecule has 0 radical (unpaired) electrons. The van der Waals surface area contributed by atoms with Gasteiger partial charge in [-0.05, 0) is 43.5 Å². The standard InChI is InChI=1S/C13H19N3O.ClH/c17-13(12-2-1-6-15-10-12)16-9-5-11-3-7-14-8-4-11;/h3-4,7-8,12,15H,1-2,5-6,9-10H2,(H,16,17);1H/t12-;/m1./s1. The first-order valence-electron chi connectivity index (χ1n) is 6.23. The van der Waals surface area contributed by atoms with E-state index in [0.717, 1.165) is 32.4 Å². The fourth-order valence-corrected chi connectivity index (χ4v) is 2.10. The van der Waals surface area contributed by atoms with Crippen LogP contribution in [0.3, 0.4) is 0 Å². The lowest BCUT2D eigenvalue weighted by Gasteiger charge is -2.21. The molecule has 1 saturated heterocycles. The van der Waals surface area contributed by atoms with Crippen LogP contribution in [0.1, 0.15) is 18.4 Å². The average Bonchev–Trinajstić information content (AvgIpc) is 2.41. The number of nitrogens with zero attached hydrogens (tertiary/aromatic N) is 1. The Morgan fingerprint density at radius 2 is 2.22 bits per heavy atom. The Morgan fingerprint density at radius 3 is 2.89 bits per heavy atom. The quantitative estimate of drug-likeness (QED) is 0.863. The van der Waals surface area contributed by atoms with Crippen molar-refractivity contribution in [3.8, 4) is 0 Å². The molecule has 1 aliphatic heterocycles. The molecular weight excluding hydrogens is 250 g/mol. The summed E-state index contributed by atoms with van der Waals surface area (Å²) in [6.07, 6.45) is 6.54. The number of hydrogen-bond acceptors (Lipinski definition) is 3. The minimum atomic E-state index is 0. The lowest BCUT2D eigenvalue weighted by molar-refractivity contribution is -0.125. The maximum atomic E-state index is 11.8. The van der Waals surface area contributed by atoms with Gasteiger partial charge in [0.05, 0.1) is 5.92 Å². The maximum absolute atomic E-state index is 11.8. The molecule has 1 amide bonds. The van der Waals surface area contributed by atoms with Gasteiger partial charge in [0.15, 0.2) is 0 Å². The zero-order chi connectivity index (χ0) is 11.9. The number of carbonyl (C=O) groups excluding carboxylic acids is 1. The summed E-state index contributed by atoms with van der Waals surface area (Å²) in [7, 11) is 0. The average molecular weight is 270 g/mol. The second-order valence-electron chi connectivity index (χ2n) is 4.44. The molecular formula is C13H20ClN3O. The highest BCUT2D eigenvalue weighted by atomic mass is 35.5. The molecule has 5 heteroatoms. The molecule has 0 aliphatic carbocycles. The van der Waals surface area contributed by atoms with Gasteiger partial charge in [0.2, 0.25) is 5.91 Å². The summed E-state index contributed by atoms with van der Waals surface area (Å²) in [6, 6.07) is 3.96. The molecule has 2 rings (SSSR count). The van der Waals surface area contributed by atoms with Crippen LogP contribution in [0.15, 0.2) is 24.5 Å². The van der Waals surface area contributed by atoms with Crippen LogP contribution in [0.2, 0.25) is 0 Å². The second-order valence-corrected chi connectivity index (χ2v) is 4.44. The summed E-state index contributed by atoms with van der Waals surface area (Å²) >= 11 is 0. The van der Waals surface area contributed by atoms with Crippen LogP contribution < -0.4 is 10.6 Å². The van der Waals surface area contributed by atoms with E-state index in [1.165, 1.54) is 5.56 Å². The molecule has 1 fully saturated rings. The number of pyridine rings is 1. The summed E-state index contributed by atoms with van der Waals surface area (Å²) in [6.45, 7) is 2.57. The molecule has 0 spiro atoms. The fourth-order valence-electron chi connectivity index (χ4n) is 2.10. The first kappa shape index (κ1) is 14.9. The summed E-state index contributed by atoms with van der Waals surface area (Å²) in [5.74, 6) is 0.340. The number of nitrogens with one attached hydrogen (secondary N) is 2. The van der Waals surface area contributed by atoms with Crippen molar-refractivity contribution in [3.63, 3.8) is 0 Å². The smallest absolute Gasteiger partial charge is 0.224 e. The molecule has 0 aromatic carbocycles. The van der Waals surface area contributed by atoms with Crippen LogP contribution in [0.25, 0.3) is 0 Å². The predicted molar refractivity (Wildman–Crippen MR) is 73.8 cm³/mol. The van der Waals surface area contributed by atoms with Gasteiger partial charge < -0.3 is 10.6 Å². The first-order valence-corrected chi connectivity index (χ1v) is 6.23. The van der Waals surface area contributed by atoms with Crippen molar-refractivity contribution in [1.82, 2.24) is 15.6 Å². The number of amides is 1. The Labute approximate surface area is 114 Å². The number of rotatable bonds is 4. The molecule has 0 unspecified atom stereocenters. The molecule has 100 valence electrons. The van der Waals surface area contributed by atoms with Crippen molar-refractivity contribution >= 4 is 18.3 Å². The van der Waals surface area contributed by atoms with E-state index in [1.807, 2.05) is 12.1 Å². The van der Waals surface area contributed by atoms with Gasteiger partial charge in [0, 0.05) is 25.5 Å². The molecule has 4 nitrogen and oxygen atoms in total. The summed E-state index contributed by atoms with van der Waals surface area (Å²) in [4.78, 5) is 15.8. The third-order valence-corrected chi connectivity index (χ3v) is 3.13. The Morgan fingerprint density at radius 1 is 1.44 bits per heavy atom. The Kier molecular flexibility index (Phi) is 6.68.